The Labute approximate surface area is 182 Å². The molecule has 0 saturated heterocycles. The lowest BCUT2D eigenvalue weighted by Gasteiger charge is -2.11. The van der Waals surface area contributed by atoms with Gasteiger partial charge in [0.15, 0.2) is 0 Å². The van der Waals surface area contributed by atoms with Crippen molar-refractivity contribution in [2.24, 2.45) is 0 Å². The highest BCUT2D eigenvalue weighted by Gasteiger charge is 2.36. The van der Waals surface area contributed by atoms with E-state index in [9.17, 15) is 22.8 Å². The van der Waals surface area contributed by atoms with E-state index in [0.29, 0.717) is 30.5 Å². The van der Waals surface area contributed by atoms with Crippen LogP contribution in [0.15, 0.2) is 54.9 Å². The van der Waals surface area contributed by atoms with Crippen molar-refractivity contribution in [1.82, 2.24) is 20.1 Å². The van der Waals surface area contributed by atoms with E-state index in [0.717, 1.165) is 10.7 Å². The zero-order valence-electron chi connectivity index (χ0n) is 17.2. The number of pyridine rings is 1. The highest BCUT2D eigenvalue weighted by Crippen LogP contribution is 2.33. The first-order valence-corrected chi connectivity index (χ1v) is 9.82. The minimum Gasteiger partial charge on any atom is -0.469 e. The van der Waals surface area contributed by atoms with Gasteiger partial charge in [0.25, 0.3) is 5.91 Å². The summed E-state index contributed by atoms with van der Waals surface area (Å²) in [7, 11) is 1.31. The van der Waals surface area contributed by atoms with Gasteiger partial charge in [0.05, 0.1) is 18.5 Å². The summed E-state index contributed by atoms with van der Waals surface area (Å²) in [6.07, 6.45) is -0.219. The van der Waals surface area contributed by atoms with Gasteiger partial charge in [-0.05, 0) is 55.3 Å². The second kappa shape index (κ2) is 10.1. The van der Waals surface area contributed by atoms with E-state index < -0.39 is 11.9 Å². The Morgan fingerprint density at radius 2 is 1.88 bits per heavy atom. The molecule has 10 heteroatoms. The van der Waals surface area contributed by atoms with Gasteiger partial charge in [-0.1, -0.05) is 0 Å². The Morgan fingerprint density at radius 3 is 2.50 bits per heavy atom. The van der Waals surface area contributed by atoms with E-state index in [-0.39, 0.29) is 29.7 Å². The Morgan fingerprint density at radius 1 is 1.12 bits per heavy atom. The van der Waals surface area contributed by atoms with Gasteiger partial charge in [-0.25, -0.2) is 4.68 Å². The average molecular weight is 446 g/mol. The number of aromatic nitrogens is 3. The van der Waals surface area contributed by atoms with Crippen LogP contribution in [0.3, 0.4) is 0 Å². The van der Waals surface area contributed by atoms with Crippen molar-refractivity contribution in [2.45, 2.75) is 25.4 Å². The third-order valence-corrected chi connectivity index (χ3v) is 4.65. The summed E-state index contributed by atoms with van der Waals surface area (Å²) < 4.78 is 46.1. The zero-order valence-corrected chi connectivity index (χ0v) is 17.2. The number of amides is 1. The van der Waals surface area contributed by atoms with Crippen molar-refractivity contribution in [1.29, 1.82) is 0 Å². The topological polar surface area (TPSA) is 86.1 Å². The van der Waals surface area contributed by atoms with Crippen LogP contribution in [-0.2, 0) is 15.7 Å². The van der Waals surface area contributed by atoms with Crippen LogP contribution in [0, 0.1) is 0 Å². The minimum atomic E-state index is -4.62. The maximum atomic E-state index is 13.6. The van der Waals surface area contributed by atoms with Crippen LogP contribution in [0.25, 0.3) is 16.9 Å². The van der Waals surface area contributed by atoms with Gasteiger partial charge in [0.1, 0.15) is 5.69 Å². The molecular formula is C22H21F3N4O3. The molecule has 0 unspecified atom stereocenters. The van der Waals surface area contributed by atoms with Crippen molar-refractivity contribution in [3.05, 3.63) is 66.1 Å². The van der Waals surface area contributed by atoms with Crippen molar-refractivity contribution >= 4 is 11.9 Å². The molecule has 0 bridgehead atoms. The van der Waals surface area contributed by atoms with Gasteiger partial charge in [-0.3, -0.25) is 14.6 Å². The van der Waals surface area contributed by atoms with Crippen molar-refractivity contribution in [3.8, 4) is 16.9 Å². The third kappa shape index (κ3) is 5.71. The number of alkyl halides is 3. The number of unbranched alkanes of at least 4 members (excludes halogenated alkanes) is 1. The lowest BCUT2D eigenvalue weighted by molar-refractivity contribution is -0.143. The van der Waals surface area contributed by atoms with E-state index in [1.54, 1.807) is 12.1 Å². The Kier molecular flexibility index (Phi) is 7.24. The van der Waals surface area contributed by atoms with E-state index in [2.05, 4.69) is 20.1 Å². The second-order valence-corrected chi connectivity index (χ2v) is 6.90. The first-order chi connectivity index (χ1) is 15.3. The molecule has 0 aliphatic carbocycles. The first kappa shape index (κ1) is 23.0. The van der Waals surface area contributed by atoms with Crippen molar-refractivity contribution in [2.75, 3.05) is 13.7 Å². The molecule has 0 radical (unpaired) electrons. The van der Waals surface area contributed by atoms with Crippen LogP contribution in [-0.4, -0.2) is 40.3 Å². The Balaban J connectivity index is 1.72. The minimum absolute atomic E-state index is 0.138. The Bertz CT molecular complexity index is 1060. The molecule has 0 fully saturated rings. The summed E-state index contributed by atoms with van der Waals surface area (Å²) in [6.45, 7) is 0.365. The average Bonchev–Trinajstić information content (AvgIpc) is 3.25. The summed E-state index contributed by atoms with van der Waals surface area (Å²) in [5.41, 5.74) is 0.135. The molecular weight excluding hydrogens is 425 g/mol. The first-order valence-electron chi connectivity index (χ1n) is 9.82. The zero-order chi connectivity index (χ0) is 23.1. The van der Waals surface area contributed by atoms with Crippen LogP contribution >= 0.6 is 0 Å². The molecule has 0 saturated carbocycles. The highest BCUT2D eigenvalue weighted by molar-refractivity contribution is 5.94. The normalized spacial score (nSPS) is 11.2. The number of ether oxygens (including phenoxy) is 1. The summed E-state index contributed by atoms with van der Waals surface area (Å²) in [6, 6.07) is 9.88. The molecule has 168 valence electrons. The molecule has 7 nitrogen and oxygen atoms in total. The van der Waals surface area contributed by atoms with E-state index in [1.165, 1.54) is 43.8 Å². The van der Waals surface area contributed by atoms with Crippen molar-refractivity contribution < 1.29 is 27.5 Å². The van der Waals surface area contributed by atoms with Gasteiger partial charge >= 0.3 is 12.1 Å². The standard InChI is InChI=1S/C22H21F3N4O3/c1-32-20(30)6-2-3-12-27-21(31)15-7-9-17(10-8-15)29-19(22(23,24)25)13-18(28-29)16-5-4-11-26-14-16/h4-5,7-11,13-14H,2-3,6,12H2,1H3,(H,27,31). The molecule has 3 aromatic rings. The molecule has 1 amide bonds. The van der Waals surface area contributed by atoms with E-state index in [4.69, 9.17) is 0 Å². The largest absolute Gasteiger partial charge is 0.469 e. The number of nitrogens with zero attached hydrogens (tertiary/aromatic N) is 3. The molecule has 0 spiro atoms. The van der Waals surface area contributed by atoms with Gasteiger partial charge in [-0.2, -0.15) is 18.3 Å². The van der Waals surface area contributed by atoms with E-state index >= 15 is 0 Å². The number of halogens is 3. The fourth-order valence-electron chi connectivity index (χ4n) is 2.99. The molecule has 3 rings (SSSR count). The fraction of sp³-hybridized carbons (Fsp3) is 0.273. The quantitative estimate of drug-likeness (QED) is 0.417. The molecule has 0 aliphatic heterocycles. The van der Waals surface area contributed by atoms with Gasteiger partial charge in [-0.15, -0.1) is 0 Å². The lowest BCUT2D eigenvalue weighted by atomic mass is 10.2. The van der Waals surface area contributed by atoms with Crippen LogP contribution in [0.1, 0.15) is 35.3 Å². The number of hydrogen-bond acceptors (Lipinski definition) is 5. The van der Waals surface area contributed by atoms with Crippen LogP contribution in [0.4, 0.5) is 13.2 Å². The van der Waals surface area contributed by atoms with Gasteiger partial charge < -0.3 is 10.1 Å². The summed E-state index contributed by atoms with van der Waals surface area (Å²) in [5, 5.41) is 6.81. The predicted molar refractivity (Wildman–Crippen MR) is 110 cm³/mol. The highest BCUT2D eigenvalue weighted by atomic mass is 19.4. The third-order valence-electron chi connectivity index (χ3n) is 4.65. The monoisotopic (exact) mass is 446 g/mol. The molecule has 2 aromatic heterocycles. The molecule has 1 aromatic carbocycles. The molecule has 2 heterocycles. The number of esters is 1. The van der Waals surface area contributed by atoms with E-state index in [1.807, 2.05) is 0 Å². The number of methoxy groups -OCH3 is 1. The number of benzene rings is 1. The number of rotatable bonds is 8. The Hall–Kier alpha value is -3.69. The van der Waals surface area contributed by atoms with Crippen molar-refractivity contribution in [3.63, 3.8) is 0 Å². The summed E-state index contributed by atoms with van der Waals surface area (Å²) >= 11 is 0. The molecule has 32 heavy (non-hydrogen) atoms. The predicted octanol–water partition coefficient (Wildman–Crippen LogP) is 4.03. The SMILES string of the molecule is COC(=O)CCCCNC(=O)c1ccc(-n2nc(-c3cccnc3)cc2C(F)(F)F)cc1. The molecule has 1 N–H and O–H groups in total. The second-order valence-electron chi connectivity index (χ2n) is 6.90. The van der Waals surface area contributed by atoms with Gasteiger partial charge in [0.2, 0.25) is 0 Å². The molecule has 0 atom stereocenters. The van der Waals surface area contributed by atoms with Crippen LogP contribution in [0.2, 0.25) is 0 Å². The maximum Gasteiger partial charge on any atom is 0.433 e. The number of nitrogens with one attached hydrogen (secondary N) is 1. The maximum absolute atomic E-state index is 13.6. The molecule has 0 aliphatic rings. The lowest BCUT2D eigenvalue weighted by Crippen LogP contribution is -2.24. The summed E-state index contributed by atoms with van der Waals surface area (Å²) in [5.74, 6) is -0.669. The number of carbonyl (C=O) groups is 2. The van der Waals surface area contributed by atoms with Crippen LogP contribution in [0.5, 0.6) is 0 Å². The summed E-state index contributed by atoms with van der Waals surface area (Å²) in [4.78, 5) is 27.2. The smallest absolute Gasteiger partial charge is 0.433 e. The van der Waals surface area contributed by atoms with Crippen LogP contribution < -0.4 is 5.32 Å². The number of hydrogen-bond donors (Lipinski definition) is 1. The fourth-order valence-corrected chi connectivity index (χ4v) is 2.99. The van der Waals surface area contributed by atoms with Gasteiger partial charge in [0, 0.05) is 36.5 Å². The number of carbonyl (C=O) groups excluding carboxylic acids is 2.